The average Bonchev–Trinajstić information content (AvgIpc) is 2.91. The van der Waals surface area contributed by atoms with Crippen LogP contribution in [-0.2, 0) is 80.9 Å². The van der Waals surface area contributed by atoms with Crippen molar-refractivity contribution >= 4 is 58.7 Å². The summed E-state index contributed by atoms with van der Waals surface area (Å²) in [6.45, 7) is 6.26. The van der Waals surface area contributed by atoms with Crippen LogP contribution < -0.4 is 5.73 Å². The molecule has 0 amide bonds. The summed E-state index contributed by atoms with van der Waals surface area (Å²) >= 11 is 0.594. The lowest BCUT2D eigenvalue weighted by atomic mass is 9.96. The molecule has 264 valence electrons. The first-order valence-electron chi connectivity index (χ1n) is 14.0. The van der Waals surface area contributed by atoms with E-state index in [4.69, 9.17) is 58.5 Å². The topological polar surface area (TPSA) is 262 Å². The minimum Gasteiger partial charge on any atom is -0.463 e. The van der Waals surface area contributed by atoms with Crippen molar-refractivity contribution in [3.05, 3.63) is 0 Å². The Morgan fingerprint density at radius 3 is 1.36 bits per heavy atom. The van der Waals surface area contributed by atoms with Gasteiger partial charge in [0.25, 0.3) is 0 Å². The molecule has 2 aliphatic rings. The van der Waals surface area contributed by atoms with Crippen LogP contribution >= 0.6 is 11.8 Å². The van der Waals surface area contributed by atoms with Gasteiger partial charge in [0.15, 0.2) is 47.4 Å². The second kappa shape index (κ2) is 17.8. The number of carbonyl (C=O) groups excluding carboxylic acids is 7. The van der Waals surface area contributed by atoms with Gasteiger partial charge in [0, 0.05) is 48.5 Å². The number of nitrogens with one attached hydrogen (secondary N) is 1. The summed E-state index contributed by atoms with van der Waals surface area (Å²) in [7, 11) is 0. The molecule has 0 aliphatic carbocycles. The Hall–Kier alpha value is -4.01. The van der Waals surface area contributed by atoms with E-state index in [2.05, 4.69) is 0 Å². The van der Waals surface area contributed by atoms with E-state index in [0.717, 1.165) is 48.5 Å². The average molecular weight is 695 g/mol. The van der Waals surface area contributed by atoms with E-state index in [1.807, 2.05) is 0 Å². The van der Waals surface area contributed by atoms with Gasteiger partial charge in [-0.3, -0.25) is 39.0 Å². The van der Waals surface area contributed by atoms with Crippen LogP contribution in [0.3, 0.4) is 0 Å². The number of esters is 7. The van der Waals surface area contributed by atoms with Crippen molar-refractivity contribution in [3.63, 3.8) is 0 Å². The number of nitrogens with two attached hydrogens (primary N) is 1. The number of carbonyl (C=O) groups is 7. The van der Waals surface area contributed by atoms with Crippen LogP contribution in [0.4, 0.5) is 0 Å². The van der Waals surface area contributed by atoms with E-state index in [0.29, 0.717) is 11.8 Å². The molecule has 2 fully saturated rings. The predicted octanol–water partition coefficient (Wildman–Crippen LogP) is -0.767. The Morgan fingerprint density at radius 1 is 0.553 bits per heavy atom. The van der Waals surface area contributed by atoms with Crippen molar-refractivity contribution in [2.24, 2.45) is 5.73 Å². The van der Waals surface area contributed by atoms with E-state index >= 15 is 0 Å². The van der Waals surface area contributed by atoms with Gasteiger partial charge >= 0.3 is 41.8 Å². The lowest BCUT2D eigenvalue weighted by Crippen LogP contribution is -2.67. The Morgan fingerprint density at radius 2 is 0.936 bits per heavy atom. The molecule has 2 aliphatic heterocycles. The molecule has 10 atom stereocenters. The lowest BCUT2D eigenvalue weighted by molar-refractivity contribution is -0.341. The molecule has 0 aromatic heterocycles. The fraction of sp³-hybridized carbons (Fsp3) is 0.704. The lowest BCUT2D eigenvalue weighted by Gasteiger charge is -2.48. The zero-order chi connectivity index (χ0) is 35.6. The summed E-state index contributed by atoms with van der Waals surface area (Å²) in [6.07, 6.45) is -14.0. The molecule has 2 heterocycles. The van der Waals surface area contributed by atoms with Gasteiger partial charge < -0.3 is 53.1 Å². The van der Waals surface area contributed by atoms with E-state index in [1.165, 1.54) is 0 Å². The van der Waals surface area contributed by atoms with Crippen LogP contribution in [-0.4, -0.2) is 121 Å². The van der Waals surface area contributed by atoms with Crippen molar-refractivity contribution in [3.8, 4) is 0 Å². The van der Waals surface area contributed by atoms with E-state index in [-0.39, 0.29) is 0 Å². The molecule has 10 unspecified atom stereocenters. The predicted molar refractivity (Wildman–Crippen MR) is 153 cm³/mol. The number of hydrogen-bond acceptors (Lipinski definition) is 19. The van der Waals surface area contributed by atoms with Crippen molar-refractivity contribution in [2.45, 2.75) is 109 Å². The van der Waals surface area contributed by atoms with Gasteiger partial charge in [-0.05, 0) is 0 Å². The van der Waals surface area contributed by atoms with Gasteiger partial charge in [0.1, 0.15) is 31.5 Å². The van der Waals surface area contributed by atoms with Crippen LogP contribution in [0, 0.1) is 5.41 Å². The molecule has 0 bridgehead atoms. The van der Waals surface area contributed by atoms with E-state index < -0.39 is 121 Å². The molecule has 0 aromatic carbocycles. The smallest absolute Gasteiger partial charge is 0.303 e. The SMILES string of the molecule is CC(=O)OCC1OC(OC2C(COC(C)=O)OC(SC(=N)N)C(OC(C)=O)C2OC(C)=O)C(OC(C)=O)C(OC(C)=O)C1OC(C)=O. The Balaban J connectivity index is 2.73. The number of thioether (sulfide) groups is 1. The highest BCUT2D eigenvalue weighted by Crippen LogP contribution is 2.37. The van der Waals surface area contributed by atoms with Crippen LogP contribution in [0.2, 0.25) is 0 Å². The normalized spacial score (nSPS) is 30.1. The van der Waals surface area contributed by atoms with Crippen LogP contribution in [0.25, 0.3) is 0 Å². The maximum Gasteiger partial charge on any atom is 0.303 e. The molecular formula is C27H38N2O17S. The molecule has 2 saturated heterocycles. The highest BCUT2D eigenvalue weighted by Gasteiger charge is 2.57. The number of amidine groups is 1. The molecular weight excluding hydrogens is 656 g/mol. The summed E-state index contributed by atoms with van der Waals surface area (Å²) in [5.41, 5.74) is 4.27. The second-order valence-electron chi connectivity index (χ2n) is 10.1. The monoisotopic (exact) mass is 694 g/mol. The van der Waals surface area contributed by atoms with Crippen LogP contribution in [0.5, 0.6) is 0 Å². The van der Waals surface area contributed by atoms with E-state index in [1.54, 1.807) is 0 Å². The zero-order valence-corrected chi connectivity index (χ0v) is 27.4. The second-order valence-corrected chi connectivity index (χ2v) is 11.3. The molecule has 3 N–H and O–H groups in total. The van der Waals surface area contributed by atoms with Crippen molar-refractivity contribution < 1.29 is 80.9 Å². The van der Waals surface area contributed by atoms with Crippen molar-refractivity contribution in [1.82, 2.24) is 0 Å². The van der Waals surface area contributed by atoms with Crippen LogP contribution in [0.15, 0.2) is 0 Å². The van der Waals surface area contributed by atoms with Gasteiger partial charge in [-0.15, -0.1) is 0 Å². The molecule has 20 heteroatoms. The van der Waals surface area contributed by atoms with Gasteiger partial charge in [0.05, 0.1) is 0 Å². The fourth-order valence-electron chi connectivity index (χ4n) is 4.69. The molecule has 2 rings (SSSR count). The summed E-state index contributed by atoms with van der Waals surface area (Å²) < 4.78 is 55.5. The largest absolute Gasteiger partial charge is 0.463 e. The number of rotatable bonds is 12. The van der Waals surface area contributed by atoms with Gasteiger partial charge in [-0.2, -0.15) is 0 Å². The zero-order valence-electron chi connectivity index (χ0n) is 26.6. The molecule has 0 aromatic rings. The summed E-state index contributed by atoms with van der Waals surface area (Å²) in [6, 6.07) is 0. The van der Waals surface area contributed by atoms with Gasteiger partial charge in [0.2, 0.25) is 0 Å². The fourth-order valence-corrected chi connectivity index (χ4v) is 5.49. The number of ether oxygens (including phenoxy) is 10. The Bertz CT molecular complexity index is 1210. The summed E-state index contributed by atoms with van der Waals surface area (Å²) in [4.78, 5) is 84.5. The standard InChI is InChI=1S/C27H38N2O17S/c1-10(30)37-8-17-19(39-12(3)32)21(40-13(4)33)23(42-15(6)35)25(44-17)46-20-18(9-38-11(2)31)45-26(47-27(28)29)24(43-16(7)36)22(20)41-14(5)34/h17-26H,8-9H2,1-7H3,(H3,28,29). The Labute approximate surface area is 273 Å². The van der Waals surface area contributed by atoms with Gasteiger partial charge in [-0.25, -0.2) is 0 Å². The quantitative estimate of drug-likeness (QED) is 0.110. The third-order valence-corrected chi connectivity index (χ3v) is 6.99. The first-order chi connectivity index (χ1) is 21.9. The third-order valence-electron chi connectivity index (χ3n) is 6.13. The molecule has 19 nitrogen and oxygen atoms in total. The number of hydrogen-bond donors (Lipinski definition) is 2. The van der Waals surface area contributed by atoms with Crippen LogP contribution in [0.1, 0.15) is 48.5 Å². The maximum absolute atomic E-state index is 12.3. The molecule has 0 saturated carbocycles. The van der Waals surface area contributed by atoms with Gasteiger partial charge in [-0.1, -0.05) is 11.8 Å². The highest BCUT2D eigenvalue weighted by atomic mass is 32.2. The minimum absolute atomic E-state index is 0.473. The molecule has 47 heavy (non-hydrogen) atoms. The first-order valence-corrected chi connectivity index (χ1v) is 14.9. The van der Waals surface area contributed by atoms with Crippen molar-refractivity contribution in [2.75, 3.05) is 13.2 Å². The summed E-state index contributed by atoms with van der Waals surface area (Å²) in [5, 5.41) is 7.27. The Kier molecular flexibility index (Phi) is 14.8. The maximum atomic E-state index is 12.3. The van der Waals surface area contributed by atoms with E-state index in [9.17, 15) is 33.6 Å². The third kappa shape index (κ3) is 12.3. The first kappa shape index (κ1) is 39.2. The summed E-state index contributed by atoms with van der Waals surface area (Å²) in [5.74, 6) is -5.93. The van der Waals surface area contributed by atoms with Crippen molar-refractivity contribution in [1.29, 1.82) is 5.41 Å². The minimum atomic E-state index is -1.79. The highest BCUT2D eigenvalue weighted by molar-refractivity contribution is 8.14. The molecule has 0 spiro atoms. The molecule has 0 radical (unpaired) electrons.